The molecule has 6 nitrogen and oxygen atoms in total. The van der Waals surface area contributed by atoms with Crippen molar-refractivity contribution in [1.29, 1.82) is 0 Å². The third-order valence-corrected chi connectivity index (χ3v) is 4.78. The second-order valence-electron chi connectivity index (χ2n) is 5.31. The molecule has 0 spiro atoms. The molecule has 0 atom stereocenters. The average Bonchev–Trinajstić information content (AvgIpc) is 2.58. The van der Waals surface area contributed by atoms with E-state index in [-0.39, 0.29) is 15.5 Å². The number of halogens is 1. The van der Waals surface area contributed by atoms with E-state index in [1.165, 1.54) is 12.1 Å². The smallest absolute Gasteiger partial charge is 0.267 e. The molecule has 25 heavy (non-hydrogen) atoms. The van der Waals surface area contributed by atoms with Crippen LogP contribution in [0.4, 0.5) is 0 Å². The molecule has 0 aliphatic heterocycles. The van der Waals surface area contributed by atoms with Gasteiger partial charge in [0.1, 0.15) is 4.90 Å². The Morgan fingerprint density at radius 2 is 1.84 bits per heavy atom. The first-order chi connectivity index (χ1) is 11.8. The molecule has 2 rings (SSSR count). The number of carbonyl (C=O) groups excluding carboxylic acids is 1. The van der Waals surface area contributed by atoms with E-state index in [4.69, 9.17) is 16.7 Å². The predicted octanol–water partition coefficient (Wildman–Crippen LogP) is 2.92. The predicted molar refractivity (Wildman–Crippen MR) is 98.2 cm³/mol. The summed E-state index contributed by atoms with van der Waals surface area (Å²) in [5.74, 6) is -0.550. The minimum Gasteiger partial charge on any atom is -0.267 e. The van der Waals surface area contributed by atoms with E-state index in [0.717, 1.165) is 23.8 Å². The van der Waals surface area contributed by atoms with E-state index in [2.05, 4.69) is 10.5 Å². The second kappa shape index (κ2) is 8.24. The zero-order chi connectivity index (χ0) is 18.4. The summed E-state index contributed by atoms with van der Waals surface area (Å²) in [5, 5.41) is 9.23. The van der Waals surface area contributed by atoms with Crippen LogP contribution in [-0.2, 0) is 10.0 Å². The number of nitrogens with zero attached hydrogens (tertiary/aromatic N) is 1. The van der Waals surface area contributed by atoms with Crippen LogP contribution in [0.3, 0.4) is 0 Å². The number of nitrogens with one attached hydrogen (secondary N) is 1. The summed E-state index contributed by atoms with van der Waals surface area (Å²) < 4.78 is 23.0. The van der Waals surface area contributed by atoms with Crippen molar-refractivity contribution in [2.45, 2.75) is 24.7 Å². The first kappa shape index (κ1) is 19.1. The van der Waals surface area contributed by atoms with Gasteiger partial charge in [0, 0.05) is 5.56 Å². The normalized spacial score (nSPS) is 12.0. The molecule has 0 saturated carbocycles. The zero-order valence-corrected chi connectivity index (χ0v) is 15.1. The van der Waals surface area contributed by atoms with E-state index in [9.17, 15) is 13.2 Å². The maximum atomic E-state index is 12.3. The molecule has 0 saturated heterocycles. The van der Waals surface area contributed by atoms with Gasteiger partial charge in [0.15, 0.2) is 0 Å². The van der Waals surface area contributed by atoms with Crippen LogP contribution < -0.4 is 10.6 Å². The summed E-state index contributed by atoms with van der Waals surface area (Å²) in [6, 6.07) is 13.3. The van der Waals surface area contributed by atoms with Crippen molar-refractivity contribution in [2.75, 3.05) is 0 Å². The van der Waals surface area contributed by atoms with Gasteiger partial charge in [0.25, 0.3) is 5.91 Å². The lowest BCUT2D eigenvalue weighted by Crippen LogP contribution is -2.21. The lowest BCUT2D eigenvalue weighted by atomic mass is 10.1. The van der Waals surface area contributed by atoms with Gasteiger partial charge in [-0.05, 0) is 30.2 Å². The van der Waals surface area contributed by atoms with Crippen molar-refractivity contribution in [3.8, 4) is 0 Å². The number of primary sulfonamides is 1. The molecule has 3 N–H and O–H groups in total. The van der Waals surface area contributed by atoms with Crippen molar-refractivity contribution >= 4 is 33.2 Å². The number of hydrazone groups is 1. The SMILES string of the molecule is CCC/C(=N/NC(=O)c1ccc(Cl)c(S(N)(=O)=O)c1)c1ccccc1. The van der Waals surface area contributed by atoms with Crippen LogP contribution in [0.5, 0.6) is 0 Å². The number of rotatable bonds is 6. The molecule has 0 aliphatic rings. The van der Waals surface area contributed by atoms with Gasteiger partial charge < -0.3 is 0 Å². The Morgan fingerprint density at radius 1 is 1.16 bits per heavy atom. The van der Waals surface area contributed by atoms with Crippen molar-refractivity contribution < 1.29 is 13.2 Å². The number of amides is 1. The summed E-state index contributed by atoms with van der Waals surface area (Å²) >= 11 is 5.82. The highest BCUT2D eigenvalue weighted by molar-refractivity contribution is 7.89. The Labute approximate surface area is 151 Å². The third-order valence-electron chi connectivity index (χ3n) is 3.39. The van der Waals surface area contributed by atoms with Crippen molar-refractivity contribution in [3.63, 3.8) is 0 Å². The molecule has 132 valence electrons. The number of sulfonamides is 1. The largest absolute Gasteiger partial charge is 0.271 e. The second-order valence-corrected chi connectivity index (χ2v) is 7.24. The zero-order valence-electron chi connectivity index (χ0n) is 13.6. The quantitative estimate of drug-likeness (QED) is 0.595. The molecule has 0 heterocycles. The van der Waals surface area contributed by atoms with Gasteiger partial charge >= 0.3 is 0 Å². The Hall–Kier alpha value is -2.22. The fraction of sp³-hybridized carbons (Fsp3) is 0.176. The van der Waals surface area contributed by atoms with E-state index < -0.39 is 15.9 Å². The van der Waals surface area contributed by atoms with Gasteiger partial charge in [-0.2, -0.15) is 5.10 Å². The minimum atomic E-state index is -4.02. The van der Waals surface area contributed by atoms with E-state index in [1.54, 1.807) is 0 Å². The van der Waals surface area contributed by atoms with Crippen molar-refractivity contribution in [3.05, 3.63) is 64.7 Å². The summed E-state index contributed by atoms with van der Waals surface area (Å²) in [5.41, 5.74) is 4.19. The molecular weight excluding hydrogens is 362 g/mol. The van der Waals surface area contributed by atoms with Crippen LogP contribution >= 0.6 is 11.6 Å². The molecule has 0 unspecified atom stereocenters. The maximum absolute atomic E-state index is 12.3. The third kappa shape index (κ3) is 5.12. The minimum absolute atomic E-state index is 0.0430. The van der Waals surface area contributed by atoms with Gasteiger partial charge in [-0.3, -0.25) is 4.79 Å². The average molecular weight is 380 g/mol. The molecule has 0 bridgehead atoms. The Bertz CT molecular complexity index is 897. The highest BCUT2D eigenvalue weighted by Gasteiger charge is 2.16. The van der Waals surface area contributed by atoms with Crippen molar-refractivity contribution in [2.24, 2.45) is 10.2 Å². The molecule has 8 heteroatoms. The van der Waals surface area contributed by atoms with Crippen LogP contribution in [0.2, 0.25) is 5.02 Å². The summed E-state index contributed by atoms with van der Waals surface area (Å²) in [6.45, 7) is 2.01. The number of hydrogen-bond donors (Lipinski definition) is 2. The monoisotopic (exact) mass is 379 g/mol. The number of nitrogens with two attached hydrogens (primary N) is 1. The van der Waals surface area contributed by atoms with Crippen molar-refractivity contribution in [1.82, 2.24) is 5.43 Å². The highest BCUT2D eigenvalue weighted by Crippen LogP contribution is 2.21. The molecule has 0 aliphatic carbocycles. The van der Waals surface area contributed by atoms with Gasteiger partial charge in [0.05, 0.1) is 10.7 Å². The Morgan fingerprint density at radius 3 is 2.44 bits per heavy atom. The van der Waals surface area contributed by atoms with E-state index in [1.807, 2.05) is 37.3 Å². The first-order valence-corrected chi connectivity index (χ1v) is 9.50. The van der Waals surface area contributed by atoms with Crippen LogP contribution in [-0.4, -0.2) is 20.0 Å². The molecule has 0 radical (unpaired) electrons. The van der Waals surface area contributed by atoms with Gasteiger partial charge in [-0.1, -0.05) is 55.3 Å². The Balaban J connectivity index is 2.26. The molecule has 2 aromatic carbocycles. The topological polar surface area (TPSA) is 102 Å². The lowest BCUT2D eigenvalue weighted by molar-refractivity contribution is 0.0954. The highest BCUT2D eigenvalue weighted by atomic mass is 35.5. The molecule has 2 aromatic rings. The number of hydrogen-bond acceptors (Lipinski definition) is 4. The lowest BCUT2D eigenvalue weighted by Gasteiger charge is -2.08. The standard InChI is InChI=1S/C17H18ClN3O3S/c1-2-6-15(12-7-4-3-5-8-12)20-21-17(22)13-9-10-14(18)16(11-13)25(19,23)24/h3-5,7-11H,2,6H2,1H3,(H,21,22)(H2,19,23,24)/b20-15-. The van der Waals surface area contributed by atoms with Crippen LogP contribution in [0.1, 0.15) is 35.7 Å². The summed E-state index contributed by atoms with van der Waals surface area (Å²) in [6.07, 6.45) is 1.55. The maximum Gasteiger partial charge on any atom is 0.271 e. The summed E-state index contributed by atoms with van der Waals surface area (Å²) in [4.78, 5) is 12.0. The molecule has 0 aromatic heterocycles. The van der Waals surface area contributed by atoms with Gasteiger partial charge in [0.2, 0.25) is 10.0 Å². The van der Waals surface area contributed by atoms with Crippen LogP contribution in [0.15, 0.2) is 58.5 Å². The van der Waals surface area contributed by atoms with E-state index >= 15 is 0 Å². The van der Waals surface area contributed by atoms with Crippen LogP contribution in [0, 0.1) is 0 Å². The molecular formula is C17H18ClN3O3S. The molecule has 0 fully saturated rings. The Kier molecular flexibility index (Phi) is 6.30. The fourth-order valence-corrected chi connectivity index (χ4v) is 3.25. The van der Waals surface area contributed by atoms with Gasteiger partial charge in [-0.15, -0.1) is 0 Å². The fourth-order valence-electron chi connectivity index (χ4n) is 2.18. The summed E-state index contributed by atoms with van der Waals surface area (Å²) in [7, 11) is -4.02. The number of benzene rings is 2. The van der Waals surface area contributed by atoms with E-state index in [0.29, 0.717) is 6.42 Å². The first-order valence-electron chi connectivity index (χ1n) is 7.57. The molecule has 1 amide bonds. The number of carbonyl (C=O) groups is 1. The van der Waals surface area contributed by atoms with Gasteiger partial charge in [-0.25, -0.2) is 19.0 Å². The van der Waals surface area contributed by atoms with Crippen LogP contribution in [0.25, 0.3) is 0 Å².